The van der Waals surface area contributed by atoms with Crippen LogP contribution in [0.3, 0.4) is 0 Å². The number of nitrogens with zero attached hydrogens (tertiary/aromatic N) is 2. The fourth-order valence-electron chi connectivity index (χ4n) is 3.28. The van der Waals surface area contributed by atoms with Crippen molar-refractivity contribution in [2.75, 3.05) is 43.4 Å². The van der Waals surface area contributed by atoms with Crippen LogP contribution < -0.4 is 15.0 Å². The van der Waals surface area contributed by atoms with Crippen LogP contribution >= 0.6 is 11.6 Å². The van der Waals surface area contributed by atoms with Crippen molar-refractivity contribution >= 4 is 28.9 Å². The average Bonchev–Trinajstić information content (AvgIpc) is 3.24. The molecule has 6 nitrogen and oxygen atoms in total. The summed E-state index contributed by atoms with van der Waals surface area (Å²) in [7, 11) is 2.14. The molecular weight excluding hydrogens is 402 g/mol. The van der Waals surface area contributed by atoms with E-state index in [9.17, 15) is 4.79 Å². The lowest BCUT2D eigenvalue weighted by atomic mass is 10.2. The van der Waals surface area contributed by atoms with Crippen molar-refractivity contribution in [3.05, 3.63) is 77.2 Å². The smallest absolute Gasteiger partial charge is 0.291 e. The Morgan fingerprint density at radius 1 is 1.00 bits per heavy atom. The van der Waals surface area contributed by atoms with Crippen molar-refractivity contribution in [3.8, 4) is 5.75 Å². The molecule has 1 aliphatic heterocycles. The fraction of sp³-hybridized carbons (Fsp3) is 0.261. The van der Waals surface area contributed by atoms with Gasteiger partial charge in [0.25, 0.3) is 5.91 Å². The van der Waals surface area contributed by atoms with Crippen LogP contribution in [0.2, 0.25) is 5.02 Å². The minimum Gasteiger partial charge on any atom is -0.486 e. The summed E-state index contributed by atoms with van der Waals surface area (Å²) in [6.45, 7) is 4.36. The Labute approximate surface area is 181 Å². The molecule has 0 saturated carbocycles. The van der Waals surface area contributed by atoms with E-state index < -0.39 is 0 Å². The van der Waals surface area contributed by atoms with E-state index >= 15 is 0 Å². The van der Waals surface area contributed by atoms with Crippen molar-refractivity contribution in [3.63, 3.8) is 0 Å². The van der Waals surface area contributed by atoms with Crippen LogP contribution in [0.5, 0.6) is 5.75 Å². The second kappa shape index (κ2) is 9.24. The summed E-state index contributed by atoms with van der Waals surface area (Å²) in [5, 5.41) is 3.52. The monoisotopic (exact) mass is 425 g/mol. The van der Waals surface area contributed by atoms with Crippen LogP contribution in [-0.4, -0.2) is 44.0 Å². The van der Waals surface area contributed by atoms with Gasteiger partial charge in [0, 0.05) is 42.6 Å². The third-order valence-electron chi connectivity index (χ3n) is 5.07. The minimum absolute atomic E-state index is 0.231. The summed E-state index contributed by atoms with van der Waals surface area (Å²) in [5.74, 6) is 1.20. The summed E-state index contributed by atoms with van der Waals surface area (Å²) in [4.78, 5) is 17.2. The SMILES string of the molecule is CN1CCN(c2ccc(NC(=O)c3ccc(COc4ccc(Cl)cc4)o3)cc2)CC1. The van der Waals surface area contributed by atoms with Gasteiger partial charge in [-0.1, -0.05) is 11.6 Å². The standard InChI is InChI=1S/C23H24ClN3O3/c1-26-12-14-27(15-13-26)19-6-4-18(5-7-19)25-23(28)22-11-10-21(30-22)16-29-20-8-2-17(24)3-9-20/h2-11H,12-16H2,1H3,(H,25,28). The third kappa shape index (κ3) is 5.14. The van der Waals surface area contributed by atoms with E-state index in [1.807, 2.05) is 24.3 Å². The van der Waals surface area contributed by atoms with Crippen LogP contribution in [0.15, 0.2) is 65.1 Å². The molecule has 0 radical (unpaired) electrons. The lowest BCUT2D eigenvalue weighted by molar-refractivity contribution is 0.0992. The number of piperazine rings is 1. The van der Waals surface area contributed by atoms with Crippen molar-refractivity contribution < 1.29 is 13.9 Å². The molecule has 0 atom stereocenters. The molecule has 1 fully saturated rings. The Morgan fingerprint density at radius 2 is 1.70 bits per heavy atom. The van der Waals surface area contributed by atoms with E-state index in [2.05, 4.69) is 22.2 Å². The molecule has 2 heterocycles. The molecule has 0 spiro atoms. The molecule has 1 saturated heterocycles. The zero-order valence-corrected chi connectivity index (χ0v) is 17.6. The number of hydrogen-bond acceptors (Lipinski definition) is 5. The maximum Gasteiger partial charge on any atom is 0.291 e. The molecule has 156 valence electrons. The zero-order chi connectivity index (χ0) is 20.9. The van der Waals surface area contributed by atoms with E-state index in [-0.39, 0.29) is 18.3 Å². The number of ether oxygens (including phenoxy) is 1. The molecule has 0 bridgehead atoms. The topological polar surface area (TPSA) is 58.0 Å². The number of carbonyl (C=O) groups is 1. The first-order valence-corrected chi connectivity index (χ1v) is 10.3. The van der Waals surface area contributed by atoms with Crippen LogP contribution in [-0.2, 0) is 6.61 Å². The van der Waals surface area contributed by atoms with Gasteiger partial charge in [-0.15, -0.1) is 0 Å². The Balaban J connectivity index is 1.31. The Bertz CT molecular complexity index is 978. The van der Waals surface area contributed by atoms with Gasteiger partial charge in [0.05, 0.1) is 0 Å². The molecule has 30 heavy (non-hydrogen) atoms. The lowest BCUT2D eigenvalue weighted by Crippen LogP contribution is -2.44. The number of carbonyl (C=O) groups excluding carboxylic acids is 1. The highest BCUT2D eigenvalue weighted by Gasteiger charge is 2.15. The highest BCUT2D eigenvalue weighted by molar-refractivity contribution is 6.30. The summed E-state index contributed by atoms with van der Waals surface area (Å²) in [6, 6.07) is 18.4. The van der Waals surface area contributed by atoms with Crippen molar-refractivity contribution in [1.29, 1.82) is 0 Å². The van der Waals surface area contributed by atoms with Crippen molar-refractivity contribution in [2.45, 2.75) is 6.61 Å². The van der Waals surface area contributed by atoms with Gasteiger partial charge in [-0.25, -0.2) is 0 Å². The summed E-state index contributed by atoms with van der Waals surface area (Å²) in [5.41, 5.74) is 1.90. The molecule has 1 aromatic heterocycles. The summed E-state index contributed by atoms with van der Waals surface area (Å²) < 4.78 is 11.3. The molecular formula is C23H24ClN3O3. The predicted molar refractivity (Wildman–Crippen MR) is 119 cm³/mol. The molecule has 4 rings (SSSR count). The molecule has 2 aromatic carbocycles. The van der Waals surface area contributed by atoms with Gasteiger partial charge in [-0.3, -0.25) is 4.79 Å². The average molecular weight is 426 g/mol. The Hall–Kier alpha value is -2.96. The van der Waals surface area contributed by atoms with Gasteiger partial charge in [-0.05, 0) is 67.7 Å². The number of halogens is 1. The van der Waals surface area contributed by atoms with E-state index in [0.29, 0.717) is 16.5 Å². The molecule has 7 heteroatoms. The molecule has 0 unspecified atom stereocenters. The molecule has 0 aliphatic carbocycles. The lowest BCUT2D eigenvalue weighted by Gasteiger charge is -2.34. The van der Waals surface area contributed by atoms with Crippen LogP contribution in [0.4, 0.5) is 11.4 Å². The molecule has 3 aromatic rings. The second-order valence-electron chi connectivity index (χ2n) is 7.30. The van der Waals surface area contributed by atoms with Gasteiger partial charge >= 0.3 is 0 Å². The van der Waals surface area contributed by atoms with Gasteiger partial charge in [-0.2, -0.15) is 0 Å². The maximum absolute atomic E-state index is 12.5. The highest BCUT2D eigenvalue weighted by Crippen LogP contribution is 2.21. The zero-order valence-electron chi connectivity index (χ0n) is 16.8. The Kier molecular flexibility index (Phi) is 6.26. The first-order valence-electron chi connectivity index (χ1n) is 9.89. The van der Waals surface area contributed by atoms with Gasteiger partial charge in [0.1, 0.15) is 18.1 Å². The molecule has 1 aliphatic rings. The summed E-state index contributed by atoms with van der Waals surface area (Å²) >= 11 is 5.86. The number of anilines is 2. The van der Waals surface area contributed by atoms with E-state index in [4.69, 9.17) is 20.8 Å². The number of rotatable bonds is 6. The minimum atomic E-state index is -0.292. The maximum atomic E-state index is 12.5. The largest absolute Gasteiger partial charge is 0.486 e. The van der Waals surface area contributed by atoms with Crippen LogP contribution in [0.25, 0.3) is 0 Å². The van der Waals surface area contributed by atoms with Crippen molar-refractivity contribution in [1.82, 2.24) is 4.90 Å². The van der Waals surface area contributed by atoms with Crippen molar-refractivity contribution in [2.24, 2.45) is 0 Å². The molecule has 1 N–H and O–H groups in total. The normalized spacial score (nSPS) is 14.5. The van der Waals surface area contributed by atoms with E-state index in [0.717, 1.165) is 31.9 Å². The van der Waals surface area contributed by atoms with Gasteiger partial charge < -0.3 is 24.3 Å². The quantitative estimate of drug-likeness (QED) is 0.629. The number of amides is 1. The van der Waals surface area contributed by atoms with E-state index in [1.54, 1.807) is 36.4 Å². The fourth-order valence-corrected chi connectivity index (χ4v) is 3.40. The number of hydrogen-bond donors (Lipinski definition) is 1. The van der Waals surface area contributed by atoms with Gasteiger partial charge in [0.2, 0.25) is 0 Å². The van der Waals surface area contributed by atoms with E-state index in [1.165, 1.54) is 5.69 Å². The molecule has 1 amide bonds. The van der Waals surface area contributed by atoms with Gasteiger partial charge in [0.15, 0.2) is 5.76 Å². The van der Waals surface area contributed by atoms with Crippen LogP contribution in [0.1, 0.15) is 16.3 Å². The first-order chi connectivity index (χ1) is 14.6. The number of nitrogens with one attached hydrogen (secondary N) is 1. The number of likely N-dealkylation sites (N-methyl/N-ethyl adjacent to an activating group) is 1. The third-order valence-corrected chi connectivity index (χ3v) is 5.33. The Morgan fingerprint density at radius 3 is 2.40 bits per heavy atom. The predicted octanol–water partition coefficient (Wildman–Crippen LogP) is 4.52. The second-order valence-corrected chi connectivity index (χ2v) is 7.74. The first kappa shape index (κ1) is 20.3. The number of benzene rings is 2. The number of furan rings is 1. The highest BCUT2D eigenvalue weighted by atomic mass is 35.5. The van der Waals surface area contributed by atoms with Crippen LogP contribution in [0, 0.1) is 0 Å². The summed E-state index contributed by atoms with van der Waals surface area (Å²) in [6.07, 6.45) is 0.